The van der Waals surface area contributed by atoms with Crippen molar-refractivity contribution < 1.29 is 39.3 Å². The maximum absolute atomic E-state index is 14.0. The van der Waals surface area contributed by atoms with Crippen LogP contribution in [0.1, 0.15) is 37.8 Å². The average molecular weight is 1890 g/mol. The van der Waals surface area contributed by atoms with E-state index in [4.69, 9.17) is 21.5 Å². The Labute approximate surface area is 777 Å². The summed E-state index contributed by atoms with van der Waals surface area (Å²) >= 11 is 3.00. The van der Waals surface area contributed by atoms with Crippen molar-refractivity contribution in [1.29, 1.82) is 0 Å². The summed E-state index contributed by atoms with van der Waals surface area (Å²) in [6, 6.07) is 171. The third kappa shape index (κ3) is 29.7. The third-order valence-corrected chi connectivity index (χ3v) is 30.6. The van der Waals surface area contributed by atoms with E-state index in [1.165, 1.54) is 92.5 Å². The molecule has 0 spiro atoms. The molecule has 127 heavy (non-hydrogen) atoms. The van der Waals surface area contributed by atoms with Gasteiger partial charge in [-0.25, -0.2) is 8.78 Å². The number of hydrogen-bond donors (Lipinski definition) is 4. The summed E-state index contributed by atoms with van der Waals surface area (Å²) in [6.45, 7) is 4.36. The van der Waals surface area contributed by atoms with E-state index in [-0.39, 0.29) is 32.1 Å². The van der Waals surface area contributed by atoms with Gasteiger partial charge in [-0.05, 0) is 205 Å². The molecule has 0 fully saturated rings. The minimum Gasteiger partial charge on any atom is -0.423 e. The summed E-state index contributed by atoms with van der Waals surface area (Å²) in [4.78, 5) is 0. The molecule has 0 saturated heterocycles. The summed E-state index contributed by atoms with van der Waals surface area (Å²) in [5.74, 6) is -0.614. The van der Waals surface area contributed by atoms with Crippen molar-refractivity contribution in [1.82, 2.24) is 0 Å². The molecule has 18 aromatic rings. The normalized spacial score (nSPS) is 10.4. The second-order valence-corrected chi connectivity index (χ2v) is 39.0. The molecule has 18 rings (SSSR count). The van der Waals surface area contributed by atoms with Gasteiger partial charge in [0.15, 0.2) is 0 Å². The number of nitrogen functional groups attached to an aromatic ring is 2. The fraction of sp³-hybridized carbons (Fsp3) is 0.0526. The Morgan fingerprint density at radius 2 is 0.433 bits per heavy atom. The number of benzene rings is 18. The summed E-state index contributed by atoms with van der Waals surface area (Å²) in [7, 11) is -3.18. The number of hydrogen-bond acceptors (Lipinski definition) is 4. The molecule has 0 saturated carbocycles. The molecule has 0 amide bonds. The van der Waals surface area contributed by atoms with E-state index in [0.29, 0.717) is 26.9 Å². The summed E-state index contributed by atoms with van der Waals surface area (Å²) < 4.78 is 26.9. The molecule has 0 aliphatic rings. The number of rotatable bonds is 20. The molecular weight excluding hydrogens is 1790 g/mol. The number of anilines is 2. The van der Waals surface area contributed by atoms with Crippen molar-refractivity contribution in [3.05, 3.63) is 525 Å². The van der Waals surface area contributed by atoms with Crippen LogP contribution in [0.15, 0.2) is 502 Å². The zero-order chi connectivity index (χ0) is 87.7. The Morgan fingerprint density at radius 3 is 0.622 bits per heavy atom. The molecule has 0 radical (unpaired) electrons. The van der Waals surface area contributed by atoms with Crippen LogP contribution >= 0.6 is 47.6 Å². The van der Waals surface area contributed by atoms with Crippen LogP contribution in [-0.4, -0.2) is 17.2 Å². The predicted molar refractivity (Wildman–Crippen MR) is 550 cm³/mol. The Hall–Kier alpha value is -11.7. The first-order valence-electron chi connectivity index (χ1n) is 42.2. The third-order valence-electron chi connectivity index (χ3n) is 20.2. The first kappa shape index (κ1) is 95.9. The van der Waals surface area contributed by atoms with Gasteiger partial charge in [0.25, 0.3) is 0 Å². The zero-order valence-corrected chi connectivity index (χ0v) is 77.8. The van der Waals surface area contributed by atoms with Gasteiger partial charge < -0.3 is 21.5 Å². The van der Waals surface area contributed by atoms with E-state index in [2.05, 4.69) is 442 Å². The zero-order valence-electron chi connectivity index (χ0n) is 71.0. The van der Waals surface area contributed by atoms with Gasteiger partial charge >= 0.3 is 7.12 Å². The van der Waals surface area contributed by atoms with E-state index in [1.807, 2.05) is 36.4 Å². The molecule has 0 unspecified atom stereocenters. The molecule has 0 heterocycles. The molecule has 18 aromatic carbocycles. The fourth-order valence-corrected chi connectivity index (χ4v) is 23.5. The van der Waals surface area contributed by atoms with Gasteiger partial charge in [0.1, 0.15) is 11.6 Å². The summed E-state index contributed by atoms with van der Waals surface area (Å²) in [5.41, 5.74) is 20.9. The molecule has 0 aliphatic carbocycles. The monoisotopic (exact) mass is 1890 g/mol. The van der Waals surface area contributed by atoms with Crippen molar-refractivity contribution in [2.24, 2.45) is 0 Å². The SMILES string of the molecule is CCCc1ccc(-c2ccc(-c3ccc(N)cc3F)cc2)cc1.CCCc1ccc(-c2ccc(B(O)O)cc2)cc1.Nc1ccc(Br)c(F)c1.[Pd].c1ccc(P(c2ccccc2)c2ccccc2)cc1.c1ccc(P(c2ccccc2)c2ccccc2)cc1.c1ccc(P(c2ccccc2)c2ccccc2)cc1.c1ccc(P(c2ccccc2)c2ccccc2)cc1. The van der Waals surface area contributed by atoms with E-state index in [9.17, 15) is 8.78 Å². The van der Waals surface area contributed by atoms with Crippen LogP contribution in [0.25, 0.3) is 33.4 Å². The van der Waals surface area contributed by atoms with E-state index in [1.54, 1.807) is 36.4 Å². The van der Waals surface area contributed by atoms with Gasteiger partial charge in [-0.15, -0.1) is 0 Å². The van der Waals surface area contributed by atoms with E-state index in [0.717, 1.165) is 47.9 Å². The van der Waals surface area contributed by atoms with E-state index < -0.39 is 38.8 Å². The van der Waals surface area contributed by atoms with Gasteiger partial charge in [0.05, 0.1) is 4.47 Å². The van der Waals surface area contributed by atoms with Crippen LogP contribution < -0.4 is 80.6 Å². The standard InChI is InChI=1S/C21H20FN.4C18H15P.C15H17BO2.C6H5BrFN.Pd/c1-2-3-15-4-6-16(7-5-15)17-8-10-18(11-9-17)20-13-12-19(23)14-21(20)22;4*1-4-10-16(11-5-1)19(17-12-6-2-7-13-17)18-14-8-3-9-15-18;1-2-3-12-4-6-13(7-5-12)14-8-10-15(11-9-14)16(17)18;7-5-2-1-4(9)3-6(5)8;/h4-14H,2-3,23H2,1H3;4*1-15H;4-11,17-18H,2-3H2,1H3;1-3H,9H2;. The van der Waals surface area contributed by atoms with Crippen molar-refractivity contribution in [3.8, 4) is 33.4 Å². The minimum atomic E-state index is -1.40. The largest absolute Gasteiger partial charge is 0.488 e. The maximum Gasteiger partial charge on any atom is 0.488 e. The topological polar surface area (TPSA) is 92.5 Å². The summed E-state index contributed by atoms with van der Waals surface area (Å²) in [5, 5.41) is 34.8. The van der Waals surface area contributed by atoms with Gasteiger partial charge in [0, 0.05) is 37.4 Å². The molecule has 0 aliphatic heterocycles. The Morgan fingerprint density at radius 1 is 0.244 bits per heavy atom. The van der Waals surface area contributed by atoms with Gasteiger partial charge in [-0.3, -0.25) is 0 Å². The van der Waals surface area contributed by atoms with Crippen LogP contribution in [-0.2, 0) is 33.3 Å². The second-order valence-electron chi connectivity index (χ2n) is 29.2. The molecule has 634 valence electrons. The van der Waals surface area contributed by atoms with E-state index >= 15 is 0 Å². The van der Waals surface area contributed by atoms with Crippen LogP contribution in [0, 0.1) is 11.6 Å². The van der Waals surface area contributed by atoms with Crippen molar-refractivity contribution >= 4 is 135 Å². The first-order valence-corrected chi connectivity index (χ1v) is 48.4. The van der Waals surface area contributed by atoms with Gasteiger partial charge in [-0.1, -0.05) is 488 Å². The fourth-order valence-electron chi connectivity index (χ4n) is 14.0. The molecule has 13 heteroatoms. The molecule has 6 N–H and O–H groups in total. The summed E-state index contributed by atoms with van der Waals surface area (Å²) in [6.07, 6.45) is 4.52. The van der Waals surface area contributed by atoms with Crippen LogP contribution in [0.5, 0.6) is 0 Å². The van der Waals surface area contributed by atoms with Gasteiger partial charge in [-0.2, -0.15) is 0 Å². The van der Waals surface area contributed by atoms with Crippen molar-refractivity contribution in [3.63, 3.8) is 0 Å². The Bertz CT molecular complexity index is 5250. The average Bonchev–Trinajstić information content (AvgIpc) is 0.826. The quantitative estimate of drug-likeness (QED) is 0.0348. The van der Waals surface area contributed by atoms with Crippen LogP contribution in [0.3, 0.4) is 0 Å². The van der Waals surface area contributed by atoms with Crippen molar-refractivity contribution in [2.45, 2.75) is 39.5 Å². The number of halogens is 3. The second kappa shape index (κ2) is 52.4. The first-order chi connectivity index (χ1) is 61.9. The molecule has 4 nitrogen and oxygen atoms in total. The molecule has 0 atom stereocenters. The minimum absolute atomic E-state index is 0. The molecule has 0 bridgehead atoms. The van der Waals surface area contributed by atoms with Crippen molar-refractivity contribution in [2.75, 3.05) is 11.5 Å². The van der Waals surface area contributed by atoms with Crippen LogP contribution in [0.4, 0.5) is 20.2 Å². The predicted octanol–water partition coefficient (Wildman–Crippen LogP) is 23.6. The van der Waals surface area contributed by atoms with Gasteiger partial charge in [0.2, 0.25) is 0 Å². The van der Waals surface area contributed by atoms with Crippen LogP contribution in [0.2, 0.25) is 0 Å². The molecular formula is C114H102BBrF2N2O2P4Pd. The smallest absolute Gasteiger partial charge is 0.423 e. The molecule has 0 aromatic heterocycles. The number of aryl methyl sites for hydroxylation is 2. The Balaban J connectivity index is 0.000000145. The maximum atomic E-state index is 14.0. The number of nitrogens with two attached hydrogens (primary N) is 2. The Kier molecular flexibility index (Phi) is 39.6.